The molecule has 19 heteroatoms. The molecular formula is C75H142O17P2. The number of hydrogen-bond donors (Lipinski definition) is 3. The van der Waals surface area contributed by atoms with Crippen LogP contribution in [0.15, 0.2) is 24.3 Å². The average Bonchev–Trinajstić information content (AvgIpc) is 2.42. The number of esters is 4. The molecule has 5 atom stereocenters. The third-order valence-corrected chi connectivity index (χ3v) is 18.8. The van der Waals surface area contributed by atoms with Gasteiger partial charge in [0.1, 0.15) is 19.3 Å². The van der Waals surface area contributed by atoms with Gasteiger partial charge in [-0.3, -0.25) is 37.3 Å². The first-order chi connectivity index (χ1) is 45.7. The summed E-state index contributed by atoms with van der Waals surface area (Å²) in [7, 11) is -9.92. The van der Waals surface area contributed by atoms with Crippen LogP contribution in [0.1, 0.15) is 374 Å². The van der Waals surface area contributed by atoms with Crippen molar-refractivity contribution in [3.8, 4) is 0 Å². The Bertz CT molecular complexity index is 1880. The molecule has 0 aliphatic carbocycles. The number of ether oxygens (including phenoxy) is 4. The molecule has 0 radical (unpaired) electrons. The standard InChI is InChI=1S/C75H142O17P2/c1-5-9-13-17-21-25-29-33-34-38-42-46-50-54-58-62-75(80)92-71(66-86-73(78)60-56-52-48-44-40-36-31-27-23-19-15-11-7-3)68-90-94(83,84)88-64-69(76)63-87-93(81,82)89-67-70(91-74(79)61-57-53-49-45-41-37-32-28-24-20-16-12-8-4)65-85-72(77)59-55-51-47-43-39-35-30-26-22-18-14-10-6-2/h26,30,33-34,69-71,76H,5-25,27-29,31-32,35-68H2,1-4H3,(H,81,82)(H,83,84)/b30-26-,34-33-/t69-,70-,71-/m1/s1. The molecule has 17 nitrogen and oxygen atoms in total. The molecular weight excluding hydrogens is 1230 g/mol. The number of aliphatic hydroxyl groups is 1. The Balaban J connectivity index is 5.30. The third-order valence-electron chi connectivity index (χ3n) is 16.9. The van der Waals surface area contributed by atoms with Crippen molar-refractivity contribution in [1.82, 2.24) is 0 Å². The van der Waals surface area contributed by atoms with E-state index >= 15 is 0 Å². The Kier molecular flexibility index (Phi) is 67.2. The lowest BCUT2D eigenvalue weighted by atomic mass is 10.0. The number of rotatable bonds is 74. The highest BCUT2D eigenvalue weighted by Crippen LogP contribution is 2.45. The summed E-state index contributed by atoms with van der Waals surface area (Å²) in [4.78, 5) is 72.8. The Morgan fingerprint density at radius 3 is 0.745 bits per heavy atom. The molecule has 0 aliphatic heterocycles. The Morgan fingerprint density at radius 2 is 0.489 bits per heavy atom. The van der Waals surface area contributed by atoms with Crippen molar-refractivity contribution in [2.24, 2.45) is 0 Å². The molecule has 0 spiro atoms. The van der Waals surface area contributed by atoms with Crippen LogP contribution in [0.3, 0.4) is 0 Å². The second-order valence-electron chi connectivity index (χ2n) is 26.3. The van der Waals surface area contributed by atoms with Crippen molar-refractivity contribution in [3.63, 3.8) is 0 Å². The fourth-order valence-electron chi connectivity index (χ4n) is 11.0. The first-order valence-electron chi connectivity index (χ1n) is 38.6. The van der Waals surface area contributed by atoms with E-state index in [0.717, 1.165) is 122 Å². The van der Waals surface area contributed by atoms with E-state index in [4.69, 9.17) is 37.0 Å². The molecule has 0 saturated carbocycles. The number of aliphatic hydroxyl groups excluding tert-OH is 1. The minimum absolute atomic E-state index is 0.0937. The Morgan fingerprint density at radius 1 is 0.287 bits per heavy atom. The molecule has 0 aromatic heterocycles. The monoisotopic (exact) mass is 1380 g/mol. The number of hydrogen-bond acceptors (Lipinski definition) is 15. The van der Waals surface area contributed by atoms with E-state index in [-0.39, 0.29) is 25.7 Å². The molecule has 0 fully saturated rings. The highest BCUT2D eigenvalue weighted by molar-refractivity contribution is 7.47. The van der Waals surface area contributed by atoms with Crippen LogP contribution in [-0.4, -0.2) is 96.7 Å². The lowest BCUT2D eigenvalue weighted by molar-refractivity contribution is -0.161. The van der Waals surface area contributed by atoms with Gasteiger partial charge in [0.25, 0.3) is 0 Å². The van der Waals surface area contributed by atoms with Gasteiger partial charge in [-0.15, -0.1) is 0 Å². The van der Waals surface area contributed by atoms with E-state index in [1.165, 1.54) is 173 Å². The van der Waals surface area contributed by atoms with E-state index in [1.807, 2.05) is 0 Å². The van der Waals surface area contributed by atoms with Crippen LogP contribution >= 0.6 is 15.6 Å². The maximum Gasteiger partial charge on any atom is 0.472 e. The van der Waals surface area contributed by atoms with Gasteiger partial charge in [0.2, 0.25) is 0 Å². The molecule has 0 aromatic rings. The summed E-state index contributed by atoms with van der Waals surface area (Å²) >= 11 is 0. The molecule has 554 valence electrons. The lowest BCUT2D eigenvalue weighted by Crippen LogP contribution is -2.30. The normalized spacial score (nSPS) is 14.1. The number of phosphoric ester groups is 2. The zero-order chi connectivity index (χ0) is 69.0. The van der Waals surface area contributed by atoms with Gasteiger partial charge in [-0.25, -0.2) is 9.13 Å². The number of carbonyl (C=O) groups excluding carboxylic acids is 4. The van der Waals surface area contributed by atoms with Crippen LogP contribution in [0.2, 0.25) is 0 Å². The maximum absolute atomic E-state index is 13.1. The number of allylic oxidation sites excluding steroid dienone is 4. The summed E-state index contributed by atoms with van der Waals surface area (Å²) < 4.78 is 68.5. The van der Waals surface area contributed by atoms with Gasteiger partial charge in [-0.1, -0.05) is 296 Å². The predicted octanol–water partition coefficient (Wildman–Crippen LogP) is 21.8. The van der Waals surface area contributed by atoms with Crippen molar-refractivity contribution in [2.75, 3.05) is 39.6 Å². The summed E-state index contributed by atoms with van der Waals surface area (Å²) in [6, 6.07) is 0. The lowest BCUT2D eigenvalue weighted by Gasteiger charge is -2.21. The number of unbranched alkanes of at least 4 members (excludes halogenated alkanes) is 44. The first kappa shape index (κ1) is 91.5. The third kappa shape index (κ3) is 68.1. The second-order valence-corrected chi connectivity index (χ2v) is 29.2. The minimum atomic E-state index is -4.96. The minimum Gasteiger partial charge on any atom is -0.462 e. The summed E-state index contributed by atoms with van der Waals surface area (Å²) in [6.45, 7) is 4.92. The van der Waals surface area contributed by atoms with Gasteiger partial charge < -0.3 is 33.8 Å². The van der Waals surface area contributed by atoms with Crippen LogP contribution in [-0.2, 0) is 65.4 Å². The van der Waals surface area contributed by atoms with Crippen LogP contribution in [0.5, 0.6) is 0 Å². The number of phosphoric acid groups is 2. The predicted molar refractivity (Wildman–Crippen MR) is 381 cm³/mol. The van der Waals surface area contributed by atoms with Gasteiger partial charge in [0, 0.05) is 25.7 Å². The van der Waals surface area contributed by atoms with Crippen LogP contribution < -0.4 is 0 Å². The molecule has 0 aromatic carbocycles. The van der Waals surface area contributed by atoms with Crippen molar-refractivity contribution >= 4 is 39.5 Å². The fraction of sp³-hybridized carbons (Fsp3) is 0.893. The summed E-state index contributed by atoms with van der Waals surface area (Å²) in [5.41, 5.74) is 0. The topological polar surface area (TPSA) is 237 Å². The maximum atomic E-state index is 13.1. The molecule has 0 rings (SSSR count). The van der Waals surface area contributed by atoms with Crippen LogP contribution in [0.25, 0.3) is 0 Å². The SMILES string of the molecule is CCCCCC/C=C\CCCCCCCC(=O)OC[C@H](COP(=O)(O)OC[C@@H](O)COP(=O)(O)OC[C@@H](COC(=O)CCCCCCCCCCCCCCC)OC(=O)CCCCCCC/C=C\CCCCCCCC)OC(=O)CCCCCCCCCCCCCCC. The molecule has 3 N–H and O–H groups in total. The van der Waals surface area contributed by atoms with Gasteiger partial charge >= 0.3 is 39.5 Å². The van der Waals surface area contributed by atoms with Crippen molar-refractivity contribution in [1.29, 1.82) is 0 Å². The zero-order valence-corrected chi connectivity index (χ0v) is 62.2. The van der Waals surface area contributed by atoms with E-state index in [2.05, 4.69) is 52.0 Å². The molecule has 94 heavy (non-hydrogen) atoms. The molecule has 0 aliphatic rings. The number of carbonyl (C=O) groups is 4. The molecule has 0 amide bonds. The van der Waals surface area contributed by atoms with E-state index in [1.54, 1.807) is 0 Å². The van der Waals surface area contributed by atoms with E-state index in [9.17, 15) is 43.2 Å². The zero-order valence-electron chi connectivity index (χ0n) is 60.4. The Hall–Kier alpha value is -2.46. The average molecular weight is 1380 g/mol. The summed E-state index contributed by atoms with van der Waals surface area (Å²) in [5, 5.41) is 10.6. The van der Waals surface area contributed by atoms with Crippen molar-refractivity contribution in [2.45, 2.75) is 393 Å². The van der Waals surface area contributed by atoms with Gasteiger partial charge in [0.05, 0.1) is 26.4 Å². The molecule has 2 unspecified atom stereocenters. The molecule has 0 heterocycles. The van der Waals surface area contributed by atoms with E-state index in [0.29, 0.717) is 25.7 Å². The van der Waals surface area contributed by atoms with Crippen LogP contribution in [0, 0.1) is 0 Å². The molecule has 0 bridgehead atoms. The fourth-order valence-corrected chi connectivity index (χ4v) is 12.6. The smallest absolute Gasteiger partial charge is 0.462 e. The van der Waals surface area contributed by atoms with Crippen molar-refractivity contribution in [3.05, 3.63) is 24.3 Å². The summed E-state index contributed by atoms with van der Waals surface area (Å²) in [5.74, 6) is -2.15. The summed E-state index contributed by atoms with van der Waals surface area (Å²) in [6.07, 6.45) is 61.6. The highest BCUT2D eigenvalue weighted by atomic mass is 31.2. The van der Waals surface area contributed by atoms with Gasteiger partial charge in [-0.05, 0) is 77.0 Å². The van der Waals surface area contributed by atoms with Gasteiger partial charge in [-0.2, -0.15) is 0 Å². The first-order valence-corrected chi connectivity index (χ1v) is 41.6. The second kappa shape index (κ2) is 69.0. The highest BCUT2D eigenvalue weighted by Gasteiger charge is 2.30. The molecule has 0 saturated heterocycles. The van der Waals surface area contributed by atoms with Crippen LogP contribution in [0.4, 0.5) is 0 Å². The van der Waals surface area contributed by atoms with Crippen molar-refractivity contribution < 1.29 is 80.2 Å². The van der Waals surface area contributed by atoms with Gasteiger partial charge in [0.15, 0.2) is 12.2 Å². The largest absolute Gasteiger partial charge is 0.472 e. The quantitative estimate of drug-likeness (QED) is 0.0169. The Labute approximate surface area is 573 Å². The van der Waals surface area contributed by atoms with E-state index < -0.39 is 97.5 Å².